The summed E-state index contributed by atoms with van der Waals surface area (Å²) in [6.45, 7) is 3.91. The van der Waals surface area contributed by atoms with E-state index in [1.54, 1.807) is 0 Å². The van der Waals surface area contributed by atoms with E-state index in [0.717, 1.165) is 37.8 Å². The molecule has 3 N–H and O–H groups in total. The van der Waals surface area contributed by atoms with Crippen molar-refractivity contribution < 1.29 is 14.4 Å². The molecule has 0 aromatic heterocycles. The van der Waals surface area contributed by atoms with Gasteiger partial charge in [0.1, 0.15) is 0 Å². The number of anilines is 1. The molecule has 5 heteroatoms. The van der Waals surface area contributed by atoms with Crippen molar-refractivity contribution >= 4 is 20.2 Å². The Morgan fingerprint density at radius 1 is 1.14 bits per heavy atom. The highest BCUT2D eigenvalue weighted by molar-refractivity contribution is 6.66. The van der Waals surface area contributed by atoms with E-state index >= 15 is 0 Å². The number of rotatable bonds is 10. The zero-order valence-electron chi connectivity index (χ0n) is 13.7. The molecule has 1 atom stereocenters. The smallest absolute Gasteiger partial charge is 0.335 e. The molecule has 0 aliphatic rings. The number of carbonyl (C=O) groups is 1. The summed E-state index contributed by atoms with van der Waals surface area (Å²) < 4.78 is 0. The summed E-state index contributed by atoms with van der Waals surface area (Å²) in [4.78, 5) is 31.8. The van der Waals surface area contributed by atoms with Gasteiger partial charge in [-0.2, -0.15) is 0 Å². The van der Waals surface area contributed by atoms with Gasteiger partial charge in [-0.1, -0.05) is 57.7 Å². The number of unbranched alkanes of at least 4 members (excludes halogenated alkanes) is 3. The standard InChI is InChI=1S/C17H29NO3Si/c1-3-15(2)22(20,21)14-10-5-4-9-13-17(19)18-16-11-7-6-8-12-16/h6-8,11-12,15,20-21H,3-5,9-10,13-14H2,1-2H3,(H,18,19). The van der Waals surface area contributed by atoms with Gasteiger partial charge in [0, 0.05) is 12.1 Å². The van der Waals surface area contributed by atoms with Gasteiger partial charge >= 0.3 is 8.56 Å². The van der Waals surface area contributed by atoms with Crippen LogP contribution in [0, 0.1) is 0 Å². The molecule has 1 unspecified atom stereocenters. The molecule has 0 radical (unpaired) electrons. The summed E-state index contributed by atoms with van der Waals surface area (Å²) in [7, 11) is -3.02. The van der Waals surface area contributed by atoms with Gasteiger partial charge < -0.3 is 14.9 Å². The lowest BCUT2D eigenvalue weighted by molar-refractivity contribution is -0.116. The Labute approximate surface area is 134 Å². The highest BCUT2D eigenvalue weighted by Crippen LogP contribution is 2.25. The van der Waals surface area contributed by atoms with E-state index in [9.17, 15) is 14.4 Å². The molecule has 0 fully saturated rings. The highest BCUT2D eigenvalue weighted by atomic mass is 28.4. The van der Waals surface area contributed by atoms with Gasteiger partial charge in [0.05, 0.1) is 0 Å². The fraction of sp³-hybridized carbons (Fsp3) is 0.588. The van der Waals surface area contributed by atoms with E-state index in [1.165, 1.54) is 0 Å². The minimum absolute atomic E-state index is 0.0316. The summed E-state index contributed by atoms with van der Waals surface area (Å²) in [6.07, 6.45) is 4.91. The molecule has 0 heterocycles. The second kappa shape index (κ2) is 9.76. The van der Waals surface area contributed by atoms with E-state index in [1.807, 2.05) is 44.2 Å². The zero-order chi connectivity index (χ0) is 16.4. The van der Waals surface area contributed by atoms with Gasteiger partial charge in [0.25, 0.3) is 0 Å². The fourth-order valence-electron chi connectivity index (χ4n) is 2.34. The third-order valence-corrected chi connectivity index (χ3v) is 7.23. The number of benzene rings is 1. The first-order valence-corrected chi connectivity index (χ1v) is 10.4. The molecule has 1 amide bonds. The van der Waals surface area contributed by atoms with Crippen LogP contribution in [-0.4, -0.2) is 24.1 Å². The molecule has 4 nitrogen and oxygen atoms in total. The number of nitrogens with one attached hydrogen (secondary N) is 1. The van der Waals surface area contributed by atoms with Gasteiger partial charge in [-0.05, 0) is 30.1 Å². The quantitative estimate of drug-likeness (QED) is 0.453. The van der Waals surface area contributed by atoms with Crippen molar-refractivity contribution in [1.82, 2.24) is 0 Å². The second-order valence-corrected chi connectivity index (χ2v) is 9.26. The van der Waals surface area contributed by atoms with Crippen LogP contribution in [0.1, 0.15) is 52.4 Å². The average molecular weight is 324 g/mol. The minimum atomic E-state index is -3.02. The maximum absolute atomic E-state index is 11.7. The Hall–Kier alpha value is -1.17. The Morgan fingerprint density at radius 2 is 1.77 bits per heavy atom. The predicted octanol–water partition coefficient (Wildman–Crippen LogP) is 3.80. The number of hydrogen-bond acceptors (Lipinski definition) is 3. The van der Waals surface area contributed by atoms with Crippen LogP contribution in [0.5, 0.6) is 0 Å². The summed E-state index contributed by atoms with van der Waals surface area (Å²) in [5.74, 6) is 0.0406. The maximum atomic E-state index is 11.7. The molecule has 124 valence electrons. The lowest BCUT2D eigenvalue weighted by Gasteiger charge is -2.23. The highest BCUT2D eigenvalue weighted by Gasteiger charge is 2.34. The fourth-order valence-corrected chi connectivity index (χ4v) is 4.26. The summed E-state index contributed by atoms with van der Waals surface area (Å²) in [5.41, 5.74) is 0.863. The lowest BCUT2D eigenvalue weighted by Crippen LogP contribution is -2.38. The first kappa shape index (κ1) is 18.9. The predicted molar refractivity (Wildman–Crippen MR) is 92.9 cm³/mol. The second-order valence-electron chi connectivity index (χ2n) is 6.02. The monoisotopic (exact) mass is 323 g/mol. The molecule has 0 bridgehead atoms. The first-order valence-electron chi connectivity index (χ1n) is 8.25. The maximum Gasteiger partial charge on any atom is 0.335 e. The summed E-state index contributed by atoms with van der Waals surface area (Å²) in [6, 6.07) is 10.00. The Kier molecular flexibility index (Phi) is 8.38. The van der Waals surface area contributed by atoms with E-state index < -0.39 is 8.56 Å². The molecule has 0 saturated carbocycles. The first-order chi connectivity index (χ1) is 10.5. The van der Waals surface area contributed by atoms with Gasteiger partial charge in [0.2, 0.25) is 5.91 Å². The third-order valence-electron chi connectivity index (χ3n) is 4.16. The molecule has 0 aliphatic carbocycles. The van der Waals surface area contributed by atoms with E-state index in [0.29, 0.717) is 12.5 Å². The van der Waals surface area contributed by atoms with Crippen LogP contribution in [0.15, 0.2) is 30.3 Å². The van der Waals surface area contributed by atoms with Crippen LogP contribution in [0.2, 0.25) is 11.6 Å². The molecule has 1 aromatic carbocycles. The summed E-state index contributed by atoms with van der Waals surface area (Å²) >= 11 is 0. The minimum Gasteiger partial charge on any atom is -0.410 e. The Bertz CT molecular complexity index is 437. The normalized spacial score (nSPS) is 12.9. The van der Waals surface area contributed by atoms with Crippen LogP contribution in [-0.2, 0) is 4.79 Å². The van der Waals surface area contributed by atoms with Gasteiger partial charge in [-0.25, -0.2) is 0 Å². The van der Waals surface area contributed by atoms with Crippen molar-refractivity contribution in [3.63, 3.8) is 0 Å². The zero-order valence-corrected chi connectivity index (χ0v) is 14.7. The molecular formula is C17H29NO3Si. The largest absolute Gasteiger partial charge is 0.410 e. The van der Waals surface area contributed by atoms with Crippen LogP contribution < -0.4 is 5.32 Å². The van der Waals surface area contributed by atoms with E-state index in [4.69, 9.17) is 0 Å². The van der Waals surface area contributed by atoms with Crippen molar-refractivity contribution in [1.29, 1.82) is 0 Å². The van der Waals surface area contributed by atoms with Crippen LogP contribution >= 0.6 is 0 Å². The van der Waals surface area contributed by atoms with Crippen molar-refractivity contribution in [3.05, 3.63) is 30.3 Å². The molecule has 1 rings (SSSR count). The topological polar surface area (TPSA) is 69.6 Å². The number of amides is 1. The Morgan fingerprint density at radius 3 is 2.41 bits per heavy atom. The molecule has 0 spiro atoms. The van der Waals surface area contributed by atoms with Crippen molar-refractivity contribution in [2.75, 3.05) is 5.32 Å². The van der Waals surface area contributed by atoms with Crippen LogP contribution in [0.4, 0.5) is 5.69 Å². The molecule has 0 saturated heterocycles. The SMILES string of the molecule is CCC(C)[Si](O)(O)CCCCCCC(=O)Nc1ccccc1. The van der Waals surface area contributed by atoms with E-state index in [-0.39, 0.29) is 11.4 Å². The lowest BCUT2D eigenvalue weighted by atomic mass is 10.1. The van der Waals surface area contributed by atoms with Crippen molar-refractivity contribution in [2.45, 2.75) is 64.0 Å². The molecule has 22 heavy (non-hydrogen) atoms. The van der Waals surface area contributed by atoms with Crippen molar-refractivity contribution in [2.24, 2.45) is 0 Å². The van der Waals surface area contributed by atoms with Crippen LogP contribution in [0.3, 0.4) is 0 Å². The molecular weight excluding hydrogens is 294 g/mol. The van der Waals surface area contributed by atoms with Crippen LogP contribution in [0.25, 0.3) is 0 Å². The average Bonchev–Trinajstić information content (AvgIpc) is 2.50. The van der Waals surface area contributed by atoms with Gasteiger partial charge in [-0.15, -0.1) is 0 Å². The van der Waals surface area contributed by atoms with Gasteiger partial charge in [0.15, 0.2) is 0 Å². The molecule has 0 aliphatic heterocycles. The summed E-state index contributed by atoms with van der Waals surface area (Å²) in [5, 5.41) is 2.87. The Balaban J connectivity index is 2.09. The van der Waals surface area contributed by atoms with Gasteiger partial charge in [-0.3, -0.25) is 4.79 Å². The van der Waals surface area contributed by atoms with E-state index in [2.05, 4.69) is 5.32 Å². The molecule has 1 aromatic rings. The number of hydrogen-bond donors (Lipinski definition) is 3. The number of carbonyl (C=O) groups excluding carboxylic acids is 1. The third kappa shape index (κ3) is 7.20. The van der Waals surface area contributed by atoms with Crippen molar-refractivity contribution in [3.8, 4) is 0 Å². The number of para-hydroxylation sites is 1.